The predicted octanol–water partition coefficient (Wildman–Crippen LogP) is 3.94. The highest BCUT2D eigenvalue weighted by molar-refractivity contribution is 7.98. The van der Waals surface area contributed by atoms with Gasteiger partial charge in [0.15, 0.2) is 0 Å². The van der Waals surface area contributed by atoms with Gasteiger partial charge < -0.3 is 10.4 Å². The Kier molecular flexibility index (Phi) is 6.44. The number of nitrogens with zero attached hydrogens (tertiary/aromatic N) is 1. The molecule has 8 heteroatoms. The van der Waals surface area contributed by atoms with Gasteiger partial charge in [0.2, 0.25) is 0 Å². The first-order chi connectivity index (χ1) is 13.0. The van der Waals surface area contributed by atoms with E-state index in [-0.39, 0.29) is 18.8 Å². The van der Waals surface area contributed by atoms with Gasteiger partial charge in [-0.15, -0.1) is 11.8 Å². The Balaban J connectivity index is 1.60. The number of anilines is 1. The third-order valence-electron chi connectivity index (χ3n) is 3.88. The van der Waals surface area contributed by atoms with Gasteiger partial charge in [-0.05, 0) is 42.0 Å². The lowest BCUT2D eigenvalue weighted by Crippen LogP contribution is -2.34. The summed E-state index contributed by atoms with van der Waals surface area (Å²) in [5.74, 6) is -0.162. The van der Waals surface area contributed by atoms with E-state index in [1.165, 1.54) is 6.08 Å². The lowest BCUT2D eigenvalue weighted by atomic mass is 10.2. The molecule has 0 bridgehead atoms. The molecule has 0 aromatic heterocycles. The van der Waals surface area contributed by atoms with E-state index in [4.69, 9.17) is 28.3 Å². The van der Waals surface area contributed by atoms with Crippen LogP contribution in [-0.2, 0) is 15.3 Å². The molecule has 1 aliphatic rings. The maximum atomic E-state index is 12.1. The summed E-state index contributed by atoms with van der Waals surface area (Å²) < 4.78 is 0. The lowest BCUT2D eigenvalue weighted by Gasteiger charge is -2.13. The molecule has 2 aromatic rings. The van der Waals surface area contributed by atoms with Crippen LogP contribution in [0.2, 0.25) is 10.0 Å². The number of rotatable bonds is 7. The van der Waals surface area contributed by atoms with Crippen LogP contribution in [0.3, 0.4) is 0 Å². The fraction of sp³-hybridized carbons (Fsp3) is 0.158. The number of hydrogen-bond donors (Lipinski definition) is 2. The van der Waals surface area contributed by atoms with E-state index >= 15 is 0 Å². The summed E-state index contributed by atoms with van der Waals surface area (Å²) in [4.78, 5) is 25.9. The summed E-state index contributed by atoms with van der Waals surface area (Å²) >= 11 is 13.7. The van der Waals surface area contributed by atoms with Crippen LogP contribution in [0.15, 0.2) is 59.1 Å². The number of carbonyl (C=O) groups is 2. The molecule has 0 unspecified atom stereocenters. The highest BCUT2D eigenvalue weighted by Crippen LogP contribution is 2.29. The monoisotopic (exact) mass is 422 g/mol. The molecule has 0 aliphatic carbocycles. The van der Waals surface area contributed by atoms with Crippen LogP contribution in [0, 0.1) is 0 Å². The van der Waals surface area contributed by atoms with Crippen molar-refractivity contribution in [1.29, 1.82) is 0 Å². The lowest BCUT2D eigenvalue weighted by molar-refractivity contribution is -0.137. The van der Waals surface area contributed by atoms with E-state index in [0.717, 1.165) is 15.4 Å². The minimum Gasteiger partial charge on any atom is -0.395 e. The molecule has 27 heavy (non-hydrogen) atoms. The number of hydrogen-bond acceptors (Lipinski definition) is 5. The summed E-state index contributed by atoms with van der Waals surface area (Å²) in [7, 11) is 0. The maximum absolute atomic E-state index is 12.1. The van der Waals surface area contributed by atoms with Crippen LogP contribution < -0.4 is 5.32 Å². The second-order valence-electron chi connectivity index (χ2n) is 5.75. The molecule has 0 spiro atoms. The Labute approximate surface area is 171 Å². The molecule has 140 valence electrons. The highest BCUT2D eigenvalue weighted by atomic mass is 35.5. The quantitative estimate of drug-likeness (QED) is 0.522. The minimum atomic E-state index is -0.440. The van der Waals surface area contributed by atoms with Crippen molar-refractivity contribution >= 4 is 52.5 Å². The molecule has 0 radical (unpaired) electrons. The fourth-order valence-corrected chi connectivity index (χ4v) is 3.96. The standard InChI is InChI=1S/C19H16Cl2N2O3S/c20-13-2-1-12(16(21)9-13)11-27-15-5-3-14(4-6-15)22-17-10-18(25)23(7-8-24)19(17)26/h1-6,9-10,22,24H,7-8,11H2. The average Bonchev–Trinajstić information content (AvgIpc) is 2.90. The predicted molar refractivity (Wildman–Crippen MR) is 108 cm³/mol. The molecule has 1 aliphatic heterocycles. The molecular formula is C19H16Cl2N2O3S. The van der Waals surface area contributed by atoms with Crippen molar-refractivity contribution in [3.05, 3.63) is 69.8 Å². The number of aliphatic hydroxyl groups excluding tert-OH is 1. The summed E-state index contributed by atoms with van der Waals surface area (Å²) in [5, 5.41) is 13.1. The number of amides is 2. The largest absolute Gasteiger partial charge is 0.395 e. The first kappa shape index (κ1) is 19.8. The molecule has 0 atom stereocenters. The normalized spacial score (nSPS) is 13.9. The molecule has 3 rings (SSSR count). The summed E-state index contributed by atoms with van der Waals surface area (Å²) in [6.45, 7) is -0.273. The van der Waals surface area contributed by atoms with Crippen LogP contribution in [0.1, 0.15) is 5.56 Å². The number of imide groups is 1. The van der Waals surface area contributed by atoms with Gasteiger partial charge in [-0.2, -0.15) is 0 Å². The van der Waals surface area contributed by atoms with Gasteiger partial charge in [-0.25, -0.2) is 0 Å². The minimum absolute atomic E-state index is 0.0117. The van der Waals surface area contributed by atoms with Crippen molar-refractivity contribution in [1.82, 2.24) is 4.90 Å². The Morgan fingerprint density at radius 2 is 1.81 bits per heavy atom. The number of halogens is 2. The zero-order valence-electron chi connectivity index (χ0n) is 14.1. The van der Waals surface area contributed by atoms with Crippen LogP contribution in [0.4, 0.5) is 5.69 Å². The first-order valence-electron chi connectivity index (χ1n) is 8.10. The number of thioether (sulfide) groups is 1. The van der Waals surface area contributed by atoms with Gasteiger partial charge in [0, 0.05) is 32.5 Å². The van der Waals surface area contributed by atoms with Crippen LogP contribution >= 0.6 is 35.0 Å². The topological polar surface area (TPSA) is 69.6 Å². The summed E-state index contributed by atoms with van der Waals surface area (Å²) in [6.07, 6.45) is 1.24. The van der Waals surface area contributed by atoms with Gasteiger partial charge in [0.1, 0.15) is 5.70 Å². The second-order valence-corrected chi connectivity index (χ2v) is 7.64. The number of aliphatic hydroxyl groups is 1. The van der Waals surface area contributed by atoms with E-state index in [9.17, 15) is 9.59 Å². The van der Waals surface area contributed by atoms with Gasteiger partial charge in [0.25, 0.3) is 11.8 Å². The van der Waals surface area contributed by atoms with Crippen LogP contribution in [-0.4, -0.2) is 35.0 Å². The number of carbonyl (C=O) groups excluding carboxylic acids is 2. The highest BCUT2D eigenvalue weighted by Gasteiger charge is 2.30. The van der Waals surface area contributed by atoms with Crippen molar-refractivity contribution in [2.45, 2.75) is 10.6 Å². The zero-order valence-corrected chi connectivity index (χ0v) is 16.4. The van der Waals surface area contributed by atoms with Gasteiger partial charge in [-0.3, -0.25) is 14.5 Å². The number of benzene rings is 2. The molecular weight excluding hydrogens is 407 g/mol. The smallest absolute Gasteiger partial charge is 0.277 e. The van der Waals surface area contributed by atoms with Crippen LogP contribution in [0.5, 0.6) is 0 Å². The molecule has 2 N–H and O–H groups in total. The molecule has 2 amide bonds. The molecule has 2 aromatic carbocycles. The molecule has 5 nitrogen and oxygen atoms in total. The zero-order chi connectivity index (χ0) is 19.4. The Hall–Kier alpha value is -1.99. The van der Waals surface area contributed by atoms with Crippen molar-refractivity contribution in [2.24, 2.45) is 0 Å². The fourth-order valence-electron chi connectivity index (χ4n) is 2.50. The Morgan fingerprint density at radius 3 is 2.48 bits per heavy atom. The van der Waals surface area contributed by atoms with Crippen molar-refractivity contribution in [3.8, 4) is 0 Å². The SMILES string of the molecule is O=C1C=C(Nc2ccc(SCc3ccc(Cl)cc3Cl)cc2)C(=O)N1CCO. The van der Waals surface area contributed by atoms with Crippen molar-refractivity contribution < 1.29 is 14.7 Å². The third-order valence-corrected chi connectivity index (χ3v) is 5.52. The van der Waals surface area contributed by atoms with E-state index in [1.54, 1.807) is 17.8 Å². The van der Waals surface area contributed by atoms with E-state index in [1.807, 2.05) is 36.4 Å². The van der Waals surface area contributed by atoms with E-state index < -0.39 is 11.8 Å². The first-order valence-corrected chi connectivity index (χ1v) is 9.84. The second kappa shape index (κ2) is 8.80. The third kappa shape index (κ3) is 4.84. The van der Waals surface area contributed by atoms with Gasteiger partial charge in [-0.1, -0.05) is 29.3 Å². The van der Waals surface area contributed by atoms with Gasteiger partial charge >= 0.3 is 0 Å². The summed E-state index contributed by atoms with van der Waals surface area (Å²) in [6, 6.07) is 12.9. The molecule has 1 heterocycles. The van der Waals surface area contributed by atoms with Gasteiger partial charge in [0.05, 0.1) is 13.2 Å². The maximum Gasteiger partial charge on any atom is 0.277 e. The Bertz CT molecular complexity index is 900. The van der Waals surface area contributed by atoms with Crippen molar-refractivity contribution in [2.75, 3.05) is 18.5 Å². The van der Waals surface area contributed by atoms with E-state index in [0.29, 0.717) is 21.5 Å². The molecule has 0 fully saturated rings. The van der Waals surface area contributed by atoms with Crippen LogP contribution in [0.25, 0.3) is 0 Å². The van der Waals surface area contributed by atoms with E-state index in [2.05, 4.69) is 5.32 Å². The average molecular weight is 423 g/mol. The van der Waals surface area contributed by atoms with Crippen molar-refractivity contribution in [3.63, 3.8) is 0 Å². The number of β-amino-alcohol motifs (C(OH)–C–C–N with tert-alkyl or cyclic N) is 1. The molecule has 0 saturated carbocycles. The molecule has 0 saturated heterocycles. The number of nitrogens with one attached hydrogen (secondary N) is 1. The summed E-state index contributed by atoms with van der Waals surface area (Å²) in [5.41, 5.74) is 1.89. The Morgan fingerprint density at radius 1 is 1.07 bits per heavy atom.